The molecule has 0 spiro atoms. The largest absolute Gasteiger partial charge is 0.480 e. The van der Waals surface area contributed by atoms with E-state index in [2.05, 4.69) is 0 Å². The van der Waals surface area contributed by atoms with Crippen molar-refractivity contribution < 1.29 is 19.8 Å². The molecule has 0 saturated carbocycles. The number of nitrogens with two attached hydrogens (primary N) is 2. The molecular weight excluding hydrogens is 344 g/mol. The minimum Gasteiger partial charge on any atom is -0.480 e. The summed E-state index contributed by atoms with van der Waals surface area (Å²) in [5.74, 6) is -2.67. The van der Waals surface area contributed by atoms with Crippen LogP contribution in [0.15, 0.2) is 60.7 Å². The third-order valence-corrected chi connectivity index (χ3v) is 4.93. The molecule has 0 aromatic heterocycles. The minimum atomic E-state index is -1.53. The number of carbonyl (C=O) groups is 2. The normalized spacial score (nSPS) is 15.5. The first kappa shape index (κ1) is 20.6. The van der Waals surface area contributed by atoms with Crippen molar-refractivity contribution in [2.75, 3.05) is 0 Å². The van der Waals surface area contributed by atoms with Gasteiger partial charge >= 0.3 is 11.9 Å². The summed E-state index contributed by atoms with van der Waals surface area (Å²) in [5, 5.41) is 19.0. The van der Waals surface area contributed by atoms with Crippen molar-refractivity contribution in [1.29, 1.82) is 0 Å². The van der Waals surface area contributed by atoms with Crippen LogP contribution in [0.2, 0.25) is 0 Å². The summed E-state index contributed by atoms with van der Waals surface area (Å²) in [6.45, 7) is 0. The van der Waals surface area contributed by atoms with Gasteiger partial charge in [0, 0.05) is 6.42 Å². The van der Waals surface area contributed by atoms with Gasteiger partial charge in [0.05, 0.1) is 0 Å². The van der Waals surface area contributed by atoms with Gasteiger partial charge in [0.1, 0.15) is 11.6 Å². The van der Waals surface area contributed by atoms with Crippen LogP contribution in [-0.4, -0.2) is 33.7 Å². The van der Waals surface area contributed by atoms with E-state index in [-0.39, 0.29) is 12.8 Å². The SMILES string of the molecule is NC(CCC(Cc1ccccc1)C(N)(Cc1ccccc1)C(=O)O)C(=O)O. The first-order valence-electron chi connectivity index (χ1n) is 8.91. The molecular formula is C21H26N2O4. The van der Waals surface area contributed by atoms with Crippen molar-refractivity contribution >= 4 is 11.9 Å². The molecule has 6 nitrogen and oxygen atoms in total. The summed E-state index contributed by atoms with van der Waals surface area (Å²) in [7, 11) is 0. The molecule has 144 valence electrons. The summed E-state index contributed by atoms with van der Waals surface area (Å²) < 4.78 is 0. The predicted octanol–water partition coefficient (Wildman–Crippen LogP) is 2.06. The lowest BCUT2D eigenvalue weighted by Gasteiger charge is -2.34. The molecule has 0 radical (unpaired) electrons. The molecule has 0 amide bonds. The molecule has 0 saturated heterocycles. The van der Waals surface area contributed by atoms with Gasteiger partial charge in [-0.1, -0.05) is 60.7 Å². The molecule has 2 aromatic rings. The predicted molar refractivity (Wildman–Crippen MR) is 103 cm³/mol. The Balaban J connectivity index is 2.30. The molecule has 6 N–H and O–H groups in total. The summed E-state index contributed by atoms with van der Waals surface area (Å²) in [6, 6.07) is 17.6. The molecule has 3 atom stereocenters. The number of carboxylic acids is 2. The average molecular weight is 370 g/mol. The molecule has 2 rings (SSSR count). The van der Waals surface area contributed by atoms with Gasteiger partial charge in [0.25, 0.3) is 0 Å². The van der Waals surface area contributed by atoms with Gasteiger partial charge in [0.15, 0.2) is 0 Å². The zero-order valence-corrected chi connectivity index (χ0v) is 15.1. The fraction of sp³-hybridized carbons (Fsp3) is 0.333. The maximum absolute atomic E-state index is 12.2. The number of aliphatic carboxylic acids is 2. The zero-order valence-electron chi connectivity index (χ0n) is 15.1. The van der Waals surface area contributed by atoms with E-state index in [0.29, 0.717) is 12.8 Å². The highest BCUT2D eigenvalue weighted by atomic mass is 16.4. The molecule has 2 aromatic carbocycles. The van der Waals surface area contributed by atoms with Crippen LogP contribution in [0.4, 0.5) is 0 Å². The van der Waals surface area contributed by atoms with Crippen molar-refractivity contribution in [2.45, 2.75) is 37.3 Å². The summed E-state index contributed by atoms with van der Waals surface area (Å²) >= 11 is 0. The maximum atomic E-state index is 12.2. The van der Waals surface area contributed by atoms with Crippen LogP contribution < -0.4 is 11.5 Å². The lowest BCUT2D eigenvalue weighted by molar-refractivity contribution is -0.145. The summed E-state index contributed by atoms with van der Waals surface area (Å²) in [4.78, 5) is 23.2. The van der Waals surface area contributed by atoms with Gasteiger partial charge < -0.3 is 21.7 Å². The lowest BCUT2D eigenvalue weighted by Crippen LogP contribution is -2.57. The van der Waals surface area contributed by atoms with E-state index in [1.807, 2.05) is 60.7 Å². The fourth-order valence-electron chi connectivity index (χ4n) is 3.27. The highest BCUT2D eigenvalue weighted by Gasteiger charge is 2.42. The van der Waals surface area contributed by atoms with E-state index in [1.54, 1.807) is 0 Å². The molecule has 0 aliphatic carbocycles. The highest BCUT2D eigenvalue weighted by molar-refractivity contribution is 5.79. The Kier molecular flexibility index (Phi) is 7.10. The molecule has 27 heavy (non-hydrogen) atoms. The summed E-state index contributed by atoms with van der Waals surface area (Å²) in [6.07, 6.45) is 1.05. The van der Waals surface area contributed by atoms with Crippen molar-refractivity contribution in [3.05, 3.63) is 71.8 Å². The van der Waals surface area contributed by atoms with Gasteiger partial charge in [-0.25, -0.2) is 0 Å². The number of benzene rings is 2. The number of rotatable bonds is 10. The quantitative estimate of drug-likeness (QED) is 0.507. The molecule has 0 aliphatic heterocycles. The molecule has 0 aliphatic rings. The highest BCUT2D eigenvalue weighted by Crippen LogP contribution is 2.29. The van der Waals surface area contributed by atoms with Gasteiger partial charge in [-0.2, -0.15) is 0 Å². The Morgan fingerprint density at radius 3 is 1.89 bits per heavy atom. The number of carboxylic acid groups (broad SMARTS) is 2. The Morgan fingerprint density at radius 1 is 0.889 bits per heavy atom. The molecule has 0 bridgehead atoms. The zero-order chi connectivity index (χ0) is 19.9. The monoisotopic (exact) mass is 370 g/mol. The van der Waals surface area contributed by atoms with Crippen LogP contribution in [0.3, 0.4) is 0 Å². The van der Waals surface area contributed by atoms with Crippen LogP contribution in [-0.2, 0) is 22.4 Å². The van der Waals surface area contributed by atoms with Crippen LogP contribution in [0.25, 0.3) is 0 Å². The maximum Gasteiger partial charge on any atom is 0.324 e. The second kappa shape index (κ2) is 9.30. The smallest absolute Gasteiger partial charge is 0.324 e. The van der Waals surface area contributed by atoms with Crippen LogP contribution in [0, 0.1) is 5.92 Å². The molecule has 6 heteroatoms. The van der Waals surface area contributed by atoms with Crippen LogP contribution in [0.5, 0.6) is 0 Å². The van der Waals surface area contributed by atoms with E-state index in [1.165, 1.54) is 0 Å². The van der Waals surface area contributed by atoms with E-state index in [4.69, 9.17) is 16.6 Å². The van der Waals surface area contributed by atoms with E-state index in [9.17, 15) is 14.7 Å². The Morgan fingerprint density at radius 2 is 1.41 bits per heavy atom. The Bertz CT molecular complexity index is 751. The van der Waals surface area contributed by atoms with Crippen molar-refractivity contribution in [1.82, 2.24) is 0 Å². The number of hydrogen-bond donors (Lipinski definition) is 4. The van der Waals surface area contributed by atoms with Gasteiger partial charge in [-0.05, 0) is 36.3 Å². The first-order valence-corrected chi connectivity index (χ1v) is 8.91. The van der Waals surface area contributed by atoms with E-state index >= 15 is 0 Å². The first-order chi connectivity index (χ1) is 12.8. The third kappa shape index (κ3) is 5.64. The number of hydrogen-bond acceptors (Lipinski definition) is 4. The summed E-state index contributed by atoms with van der Waals surface area (Å²) in [5.41, 5.74) is 12.3. The van der Waals surface area contributed by atoms with Gasteiger partial charge in [0.2, 0.25) is 0 Å². The van der Waals surface area contributed by atoms with Gasteiger partial charge in [-0.3, -0.25) is 9.59 Å². The second-order valence-electron chi connectivity index (χ2n) is 6.92. The third-order valence-electron chi connectivity index (χ3n) is 4.93. The Hall–Kier alpha value is -2.70. The lowest BCUT2D eigenvalue weighted by atomic mass is 9.74. The van der Waals surface area contributed by atoms with Crippen molar-refractivity contribution in [3.8, 4) is 0 Å². The Labute approximate surface area is 158 Å². The standard InChI is InChI=1S/C21H26N2O4/c22-18(19(24)25)12-11-17(13-15-7-3-1-4-8-15)21(23,20(26)27)14-16-9-5-2-6-10-16/h1-10,17-18H,11-14,22-23H2,(H,24,25)(H,26,27). The average Bonchev–Trinajstić information content (AvgIpc) is 2.66. The van der Waals surface area contributed by atoms with E-state index < -0.39 is 29.4 Å². The van der Waals surface area contributed by atoms with Crippen molar-refractivity contribution in [2.24, 2.45) is 17.4 Å². The second-order valence-corrected chi connectivity index (χ2v) is 6.92. The molecule has 0 heterocycles. The molecule has 3 unspecified atom stereocenters. The minimum absolute atomic E-state index is 0.156. The van der Waals surface area contributed by atoms with Gasteiger partial charge in [-0.15, -0.1) is 0 Å². The van der Waals surface area contributed by atoms with Crippen LogP contribution >= 0.6 is 0 Å². The fourth-order valence-corrected chi connectivity index (χ4v) is 3.27. The molecule has 0 fully saturated rings. The van der Waals surface area contributed by atoms with Crippen molar-refractivity contribution in [3.63, 3.8) is 0 Å². The topological polar surface area (TPSA) is 127 Å². The van der Waals surface area contributed by atoms with Crippen LogP contribution in [0.1, 0.15) is 24.0 Å². The van der Waals surface area contributed by atoms with E-state index in [0.717, 1.165) is 11.1 Å².